The molecule has 53 heavy (non-hydrogen) atoms. The van der Waals surface area contributed by atoms with Gasteiger partial charge in [0, 0.05) is 37.7 Å². The van der Waals surface area contributed by atoms with Gasteiger partial charge in [-0.15, -0.1) is 0 Å². The summed E-state index contributed by atoms with van der Waals surface area (Å²) in [6, 6.07) is 0. The van der Waals surface area contributed by atoms with E-state index in [9.17, 15) is 44.7 Å². The summed E-state index contributed by atoms with van der Waals surface area (Å²) in [5.74, 6) is -1.34. The number of carboxylic acid groups (broad SMARTS) is 1. The summed E-state index contributed by atoms with van der Waals surface area (Å²) in [6.07, 6.45) is 2.64. The number of aliphatic hydroxyl groups excluding tert-OH is 4. The highest BCUT2D eigenvalue weighted by Gasteiger charge is 2.30. The molecule has 300 valence electrons. The molecule has 0 rings (SSSR count). The van der Waals surface area contributed by atoms with Crippen molar-refractivity contribution < 1.29 is 49.8 Å². The van der Waals surface area contributed by atoms with Gasteiger partial charge in [0.05, 0.1) is 24.4 Å². The summed E-state index contributed by atoms with van der Waals surface area (Å²) < 4.78 is 0. The number of aliphatic hydroxyl groups is 5. The Kier molecular flexibility index (Phi) is 23.3. The molecule has 7 unspecified atom stereocenters. The van der Waals surface area contributed by atoms with E-state index in [0.29, 0.717) is 60.4 Å². The van der Waals surface area contributed by atoms with Gasteiger partial charge in [0.25, 0.3) is 0 Å². The van der Waals surface area contributed by atoms with Crippen molar-refractivity contribution in [2.24, 2.45) is 17.6 Å². The van der Waals surface area contributed by atoms with E-state index in [2.05, 4.69) is 33.6 Å². The summed E-state index contributed by atoms with van der Waals surface area (Å²) in [5, 5.41) is 61.3. The summed E-state index contributed by atoms with van der Waals surface area (Å²) >= 11 is 0. The van der Waals surface area contributed by atoms with Crippen LogP contribution in [0.1, 0.15) is 119 Å². The molecule has 0 aliphatic rings. The van der Waals surface area contributed by atoms with E-state index < -0.39 is 41.8 Å². The highest BCUT2D eigenvalue weighted by atomic mass is 16.4. The number of aliphatic carboxylic acids is 1. The van der Waals surface area contributed by atoms with Crippen LogP contribution in [0.5, 0.6) is 0 Å². The van der Waals surface area contributed by atoms with Crippen LogP contribution in [0.25, 0.3) is 0 Å². The smallest absolute Gasteiger partial charge is 0.331 e. The first-order chi connectivity index (χ1) is 24.5. The number of carboxylic acids is 1. The van der Waals surface area contributed by atoms with Crippen LogP contribution in [0.3, 0.4) is 0 Å². The van der Waals surface area contributed by atoms with Gasteiger partial charge in [-0.1, -0.05) is 51.3 Å². The Morgan fingerprint density at radius 1 is 0.792 bits per heavy atom. The Labute approximate surface area is 316 Å². The SMILES string of the molecule is C=C(CCCC(=O)C(=C)CC(C)C(C)CN)CC(O)CCC(C)(O)C(=O)CCC(=O)CCC(O)CC(O)/C(C)=C/C=C(\C)C(=C)C(O)/C=C(\C)C(=O)O. The molecule has 0 aromatic carbocycles. The van der Waals surface area contributed by atoms with Crippen LogP contribution >= 0.6 is 0 Å². The zero-order valence-electron chi connectivity index (χ0n) is 32.9. The predicted molar refractivity (Wildman–Crippen MR) is 209 cm³/mol. The first kappa shape index (κ1) is 49.7. The molecule has 0 aliphatic heterocycles. The van der Waals surface area contributed by atoms with Gasteiger partial charge in [0.15, 0.2) is 11.6 Å². The molecule has 0 saturated heterocycles. The van der Waals surface area contributed by atoms with Crippen molar-refractivity contribution in [1.82, 2.24) is 0 Å². The Hall–Kier alpha value is -3.32. The molecular formula is C42H67NO10. The lowest BCUT2D eigenvalue weighted by atomic mass is 9.87. The Balaban J connectivity index is 4.61. The van der Waals surface area contributed by atoms with Crippen LogP contribution in [-0.4, -0.2) is 90.5 Å². The first-order valence-corrected chi connectivity index (χ1v) is 18.5. The molecule has 0 spiro atoms. The fourth-order valence-electron chi connectivity index (χ4n) is 5.39. The van der Waals surface area contributed by atoms with Crippen LogP contribution in [0.2, 0.25) is 0 Å². The third-order valence-electron chi connectivity index (χ3n) is 9.94. The minimum absolute atomic E-state index is 0.000503. The van der Waals surface area contributed by atoms with Crippen molar-refractivity contribution >= 4 is 23.3 Å². The van der Waals surface area contributed by atoms with Gasteiger partial charge in [-0.25, -0.2) is 4.79 Å². The fraction of sp³-hybridized carbons (Fsp3) is 0.619. The lowest BCUT2D eigenvalue weighted by Gasteiger charge is -2.23. The van der Waals surface area contributed by atoms with Crippen molar-refractivity contribution in [3.8, 4) is 0 Å². The van der Waals surface area contributed by atoms with E-state index in [-0.39, 0.29) is 74.4 Å². The van der Waals surface area contributed by atoms with E-state index in [0.717, 1.165) is 5.57 Å². The average molecular weight is 746 g/mol. The van der Waals surface area contributed by atoms with E-state index in [4.69, 9.17) is 10.8 Å². The maximum atomic E-state index is 12.7. The van der Waals surface area contributed by atoms with E-state index in [1.807, 2.05) is 0 Å². The second-order valence-electron chi connectivity index (χ2n) is 15.0. The Morgan fingerprint density at radius 3 is 2.00 bits per heavy atom. The first-order valence-electron chi connectivity index (χ1n) is 18.5. The van der Waals surface area contributed by atoms with Crippen LogP contribution in [0.15, 0.2) is 71.4 Å². The third-order valence-corrected chi connectivity index (χ3v) is 9.94. The molecule has 11 nitrogen and oxygen atoms in total. The maximum absolute atomic E-state index is 12.7. The molecular weight excluding hydrogens is 678 g/mol. The monoisotopic (exact) mass is 745 g/mol. The predicted octanol–water partition coefficient (Wildman–Crippen LogP) is 5.39. The summed E-state index contributed by atoms with van der Waals surface area (Å²) in [7, 11) is 0. The number of Topliss-reactive ketones (excluding diaryl/α,β-unsaturated/α-hetero) is 3. The zero-order chi connectivity index (χ0) is 41.1. The number of ketones is 3. The van der Waals surface area contributed by atoms with Gasteiger partial charge in [0.1, 0.15) is 11.4 Å². The number of carbonyl (C=O) groups excluding carboxylic acids is 3. The van der Waals surface area contributed by atoms with Crippen LogP contribution in [0, 0.1) is 11.8 Å². The number of carbonyl (C=O) groups is 4. The number of nitrogens with two attached hydrogens (primary N) is 1. The largest absolute Gasteiger partial charge is 0.478 e. The minimum Gasteiger partial charge on any atom is -0.478 e. The summed E-state index contributed by atoms with van der Waals surface area (Å²) in [6.45, 7) is 22.4. The molecule has 0 heterocycles. The van der Waals surface area contributed by atoms with Crippen molar-refractivity contribution in [3.05, 3.63) is 71.4 Å². The van der Waals surface area contributed by atoms with Gasteiger partial charge in [0.2, 0.25) is 0 Å². The normalized spacial score (nSPS) is 17.2. The number of hydrogen-bond acceptors (Lipinski definition) is 10. The van der Waals surface area contributed by atoms with Crippen LogP contribution < -0.4 is 5.73 Å². The van der Waals surface area contributed by atoms with E-state index in [1.165, 1.54) is 19.9 Å². The van der Waals surface area contributed by atoms with Crippen molar-refractivity contribution in [1.29, 1.82) is 0 Å². The van der Waals surface area contributed by atoms with Crippen molar-refractivity contribution in [3.63, 3.8) is 0 Å². The molecule has 11 heteroatoms. The van der Waals surface area contributed by atoms with E-state index in [1.54, 1.807) is 26.0 Å². The third kappa shape index (κ3) is 20.6. The van der Waals surface area contributed by atoms with E-state index >= 15 is 0 Å². The molecule has 0 saturated carbocycles. The lowest BCUT2D eigenvalue weighted by molar-refractivity contribution is -0.138. The number of allylic oxidation sites excluding steroid dienone is 3. The molecule has 0 fully saturated rings. The minimum atomic E-state index is -1.73. The van der Waals surface area contributed by atoms with Gasteiger partial charge in [-0.3, -0.25) is 14.4 Å². The highest BCUT2D eigenvalue weighted by molar-refractivity contribution is 5.94. The average Bonchev–Trinajstić information content (AvgIpc) is 3.09. The molecule has 0 aliphatic carbocycles. The fourth-order valence-corrected chi connectivity index (χ4v) is 5.39. The standard InChI is InChI=1S/C42H67NO10/c1-26(11-10-12-37(47)30(5)22-29(4)32(7)25-43)21-36(46)19-20-42(9,53)40(50)18-17-34(44)15-16-35(45)24-38(48)28(3)14-13-27(2)33(8)39(49)23-31(6)41(51)52/h13-14,23,29,32,35-36,38-39,45-46,48-49,53H,1,5,8,10-12,15-22,24-25,43H2,2-4,6-7,9H3,(H,51,52)/b27-13+,28-14+,31-23+. The molecule has 0 aromatic rings. The van der Waals surface area contributed by atoms with Crippen molar-refractivity contribution in [2.75, 3.05) is 6.54 Å². The second-order valence-corrected chi connectivity index (χ2v) is 15.0. The van der Waals surface area contributed by atoms with Gasteiger partial charge in [-0.05, 0) is 119 Å². The molecule has 7 atom stereocenters. The molecule has 0 aromatic heterocycles. The molecule has 0 bridgehead atoms. The zero-order valence-corrected chi connectivity index (χ0v) is 32.9. The summed E-state index contributed by atoms with van der Waals surface area (Å²) in [4.78, 5) is 48.6. The second kappa shape index (κ2) is 24.9. The quantitative estimate of drug-likeness (QED) is 0.0293. The molecule has 8 N–H and O–H groups in total. The van der Waals surface area contributed by atoms with Gasteiger partial charge >= 0.3 is 5.97 Å². The van der Waals surface area contributed by atoms with Gasteiger partial charge < -0.3 is 36.4 Å². The molecule has 0 radical (unpaired) electrons. The lowest BCUT2D eigenvalue weighted by Crippen LogP contribution is -2.36. The summed E-state index contributed by atoms with van der Waals surface area (Å²) in [5.41, 5.74) is 6.71. The Bertz CT molecular complexity index is 1370. The Morgan fingerprint density at radius 2 is 1.42 bits per heavy atom. The topological polar surface area (TPSA) is 216 Å². The van der Waals surface area contributed by atoms with Gasteiger partial charge in [-0.2, -0.15) is 0 Å². The maximum Gasteiger partial charge on any atom is 0.331 e. The van der Waals surface area contributed by atoms with Crippen molar-refractivity contribution in [2.45, 2.75) is 149 Å². The van der Waals surface area contributed by atoms with Crippen LogP contribution in [0.4, 0.5) is 0 Å². The number of hydrogen-bond donors (Lipinski definition) is 7. The highest BCUT2D eigenvalue weighted by Crippen LogP contribution is 2.24. The number of rotatable bonds is 29. The molecule has 0 amide bonds. The van der Waals surface area contributed by atoms with Crippen LogP contribution in [-0.2, 0) is 19.2 Å².